The number of hydrogen-bond acceptors (Lipinski definition) is 2. The summed E-state index contributed by atoms with van der Waals surface area (Å²) in [5.74, 6) is 0. The third-order valence-electron chi connectivity index (χ3n) is 9.62. The second-order valence-electron chi connectivity index (χ2n) is 12.6. The van der Waals surface area contributed by atoms with Crippen molar-refractivity contribution in [3.05, 3.63) is 163 Å². The number of hydrogen-bond donors (Lipinski definition) is 0. The van der Waals surface area contributed by atoms with Gasteiger partial charge in [0.25, 0.3) is 0 Å². The molecule has 0 N–H and O–H groups in total. The molecule has 0 unspecified atom stereocenters. The summed E-state index contributed by atoms with van der Waals surface area (Å²) in [4.78, 5) is 2.44. The second kappa shape index (κ2) is 9.92. The van der Waals surface area contributed by atoms with Crippen LogP contribution in [-0.4, -0.2) is 0 Å². The molecule has 0 bridgehead atoms. The minimum absolute atomic E-state index is 0.113. The van der Waals surface area contributed by atoms with Crippen molar-refractivity contribution in [1.29, 1.82) is 0 Å². The molecule has 2 heteroatoms. The van der Waals surface area contributed by atoms with E-state index in [9.17, 15) is 0 Å². The Morgan fingerprint density at radius 2 is 1.09 bits per heavy atom. The fraction of sp³-hybridized carbons (Fsp3) is 0.0698. The molecule has 0 spiro atoms. The third-order valence-corrected chi connectivity index (χ3v) is 10.7. The largest absolute Gasteiger partial charge is 0.310 e. The number of fused-ring (bicyclic) bond motifs is 7. The van der Waals surface area contributed by atoms with Crippen molar-refractivity contribution in [1.82, 2.24) is 0 Å². The molecule has 0 fully saturated rings. The Labute approximate surface area is 267 Å². The highest BCUT2D eigenvalue weighted by Gasteiger charge is 2.36. The van der Waals surface area contributed by atoms with Gasteiger partial charge in [-0.15, -0.1) is 11.3 Å². The minimum atomic E-state index is -0.113. The molecule has 0 radical (unpaired) electrons. The Hall–Kier alpha value is -5.18. The number of thiophene rings is 1. The molecule has 45 heavy (non-hydrogen) atoms. The van der Waals surface area contributed by atoms with Crippen LogP contribution in [0.5, 0.6) is 0 Å². The summed E-state index contributed by atoms with van der Waals surface area (Å²) in [6.45, 7) is 4.75. The number of anilines is 3. The standard InChI is InChI=1S/C43H31NS/c1-43(2)39-25-31-14-7-6-13-30(31)24-38(39)35-21-19-33(26-40(35)43)44(32-16-10-15-29(23-32)28-11-4-3-5-12-28)34-20-22-37-36-17-8-9-18-41(36)45-42(37)27-34/h3-27H,1-2H3. The van der Waals surface area contributed by atoms with Crippen molar-refractivity contribution in [3.8, 4) is 22.3 Å². The monoisotopic (exact) mass is 593 g/mol. The molecule has 0 saturated heterocycles. The summed E-state index contributed by atoms with van der Waals surface area (Å²) in [5, 5.41) is 5.23. The van der Waals surface area contributed by atoms with E-state index in [1.165, 1.54) is 75.7 Å². The Morgan fingerprint density at radius 1 is 0.444 bits per heavy atom. The lowest BCUT2D eigenvalue weighted by Crippen LogP contribution is -2.16. The van der Waals surface area contributed by atoms with Crippen molar-refractivity contribution in [2.75, 3.05) is 4.90 Å². The van der Waals surface area contributed by atoms with Crippen LogP contribution < -0.4 is 4.90 Å². The maximum absolute atomic E-state index is 2.44. The molecule has 7 aromatic carbocycles. The maximum Gasteiger partial charge on any atom is 0.0476 e. The molecule has 0 saturated carbocycles. The molecule has 1 nitrogen and oxygen atoms in total. The summed E-state index contributed by atoms with van der Waals surface area (Å²) in [6, 6.07) is 55.9. The van der Waals surface area contributed by atoms with Gasteiger partial charge < -0.3 is 4.90 Å². The summed E-state index contributed by atoms with van der Waals surface area (Å²) in [6.07, 6.45) is 0. The van der Waals surface area contributed by atoms with Crippen LogP contribution in [0.25, 0.3) is 53.2 Å². The first kappa shape index (κ1) is 26.2. The molecular weight excluding hydrogens is 563 g/mol. The summed E-state index contributed by atoms with van der Waals surface area (Å²) in [5.41, 5.74) is 11.3. The summed E-state index contributed by atoms with van der Waals surface area (Å²) >= 11 is 1.87. The van der Waals surface area contributed by atoms with Crippen molar-refractivity contribution in [2.24, 2.45) is 0 Å². The summed E-state index contributed by atoms with van der Waals surface area (Å²) < 4.78 is 2.63. The van der Waals surface area contributed by atoms with Crippen LogP contribution in [-0.2, 0) is 5.41 Å². The van der Waals surface area contributed by atoms with E-state index in [2.05, 4.69) is 170 Å². The second-order valence-corrected chi connectivity index (χ2v) is 13.7. The lowest BCUT2D eigenvalue weighted by Gasteiger charge is -2.28. The van der Waals surface area contributed by atoms with Gasteiger partial charge in [-0.2, -0.15) is 0 Å². The van der Waals surface area contributed by atoms with E-state index >= 15 is 0 Å². The van der Waals surface area contributed by atoms with Crippen molar-refractivity contribution < 1.29 is 0 Å². The molecule has 1 aliphatic rings. The first-order valence-electron chi connectivity index (χ1n) is 15.6. The molecule has 9 rings (SSSR count). The van der Waals surface area contributed by atoms with Crippen LogP contribution in [0.4, 0.5) is 17.1 Å². The van der Waals surface area contributed by atoms with E-state index in [-0.39, 0.29) is 5.41 Å². The Balaban J connectivity index is 1.24. The summed E-state index contributed by atoms with van der Waals surface area (Å²) in [7, 11) is 0. The molecule has 214 valence electrons. The van der Waals surface area contributed by atoms with E-state index in [0.29, 0.717) is 0 Å². The first-order valence-corrected chi connectivity index (χ1v) is 16.4. The van der Waals surface area contributed by atoms with E-state index in [1.807, 2.05) is 11.3 Å². The smallest absolute Gasteiger partial charge is 0.0476 e. The van der Waals surface area contributed by atoms with Crippen LogP contribution in [0.2, 0.25) is 0 Å². The first-order chi connectivity index (χ1) is 22.0. The predicted octanol–water partition coefficient (Wildman–Crippen LogP) is 12.7. The van der Waals surface area contributed by atoms with Gasteiger partial charge in [-0.05, 0) is 98.8 Å². The van der Waals surface area contributed by atoms with Gasteiger partial charge in [0.15, 0.2) is 0 Å². The molecule has 1 aliphatic carbocycles. The Morgan fingerprint density at radius 3 is 1.96 bits per heavy atom. The van der Waals surface area contributed by atoms with Crippen LogP contribution in [0.15, 0.2) is 152 Å². The van der Waals surface area contributed by atoms with E-state index < -0.39 is 0 Å². The predicted molar refractivity (Wildman–Crippen MR) is 195 cm³/mol. The van der Waals surface area contributed by atoms with Crippen LogP contribution in [0, 0.1) is 0 Å². The van der Waals surface area contributed by atoms with Gasteiger partial charge in [-0.25, -0.2) is 0 Å². The van der Waals surface area contributed by atoms with Gasteiger partial charge in [0.2, 0.25) is 0 Å². The normalized spacial score (nSPS) is 13.3. The van der Waals surface area contributed by atoms with Gasteiger partial charge in [-0.1, -0.05) is 111 Å². The fourth-order valence-corrected chi connectivity index (χ4v) is 8.44. The molecule has 0 amide bonds. The third kappa shape index (κ3) is 4.13. The van der Waals surface area contributed by atoms with Crippen molar-refractivity contribution >= 4 is 59.3 Å². The highest BCUT2D eigenvalue weighted by molar-refractivity contribution is 7.25. The van der Waals surface area contributed by atoms with Crippen molar-refractivity contribution in [2.45, 2.75) is 19.3 Å². The maximum atomic E-state index is 2.44. The Kier molecular flexibility index (Phi) is 5.78. The quantitative estimate of drug-likeness (QED) is 0.196. The highest BCUT2D eigenvalue weighted by atomic mass is 32.1. The highest BCUT2D eigenvalue weighted by Crippen LogP contribution is 2.52. The minimum Gasteiger partial charge on any atom is -0.310 e. The SMILES string of the molecule is CC1(C)c2cc(N(c3cccc(-c4ccccc4)c3)c3ccc4c(c3)sc3ccccc34)ccc2-c2cc3ccccc3cc21. The van der Waals surface area contributed by atoms with E-state index in [1.54, 1.807) is 0 Å². The zero-order valence-corrected chi connectivity index (χ0v) is 26.1. The number of nitrogens with zero attached hydrogens (tertiary/aromatic N) is 1. The van der Waals surface area contributed by atoms with Gasteiger partial charge in [0.1, 0.15) is 0 Å². The lowest BCUT2D eigenvalue weighted by atomic mass is 9.81. The molecule has 1 aromatic heterocycles. The Bertz CT molecular complexity index is 2410. The lowest BCUT2D eigenvalue weighted by molar-refractivity contribution is 0.661. The van der Waals surface area contributed by atoms with Gasteiger partial charge in [-0.3, -0.25) is 0 Å². The molecule has 0 aliphatic heterocycles. The molecule has 0 atom stereocenters. The van der Waals surface area contributed by atoms with Gasteiger partial charge in [0.05, 0.1) is 0 Å². The van der Waals surface area contributed by atoms with Gasteiger partial charge in [0, 0.05) is 42.6 Å². The van der Waals surface area contributed by atoms with Crippen LogP contribution in [0.1, 0.15) is 25.0 Å². The molecule has 1 heterocycles. The van der Waals surface area contributed by atoms with E-state index in [0.717, 1.165) is 5.69 Å². The number of benzene rings is 7. The fourth-order valence-electron chi connectivity index (χ4n) is 7.30. The average molecular weight is 594 g/mol. The van der Waals surface area contributed by atoms with Crippen LogP contribution >= 0.6 is 11.3 Å². The number of rotatable bonds is 4. The zero-order chi connectivity index (χ0) is 30.1. The molecule has 8 aromatic rings. The van der Waals surface area contributed by atoms with Crippen molar-refractivity contribution in [3.63, 3.8) is 0 Å². The van der Waals surface area contributed by atoms with E-state index in [4.69, 9.17) is 0 Å². The zero-order valence-electron chi connectivity index (χ0n) is 25.3. The molecular formula is C43H31NS. The average Bonchev–Trinajstić information content (AvgIpc) is 3.56. The van der Waals surface area contributed by atoms with Gasteiger partial charge >= 0.3 is 0 Å². The topological polar surface area (TPSA) is 3.24 Å². The van der Waals surface area contributed by atoms with Crippen LogP contribution in [0.3, 0.4) is 0 Å².